The molecule has 1 heterocycles. The highest BCUT2D eigenvalue weighted by Crippen LogP contribution is 2.36. The number of hydrogen-bond donors (Lipinski definition) is 2. The molecule has 1 fully saturated rings. The summed E-state index contributed by atoms with van der Waals surface area (Å²) in [6.45, 7) is 0.930. The SMILES string of the molecule is O=C(NCC(O)(c1ccccc1)C1CCOCC1)c1cccc(C(F)(F)F)c1. The van der Waals surface area contributed by atoms with E-state index in [-0.39, 0.29) is 18.0 Å². The van der Waals surface area contributed by atoms with E-state index in [4.69, 9.17) is 4.74 Å². The van der Waals surface area contributed by atoms with Crippen molar-refractivity contribution in [2.24, 2.45) is 5.92 Å². The maximum atomic E-state index is 12.9. The van der Waals surface area contributed by atoms with E-state index in [9.17, 15) is 23.1 Å². The van der Waals surface area contributed by atoms with Gasteiger partial charge in [-0.2, -0.15) is 13.2 Å². The Balaban J connectivity index is 1.79. The molecule has 7 heteroatoms. The van der Waals surface area contributed by atoms with Gasteiger partial charge in [-0.3, -0.25) is 4.79 Å². The van der Waals surface area contributed by atoms with Gasteiger partial charge in [-0.1, -0.05) is 36.4 Å². The van der Waals surface area contributed by atoms with E-state index in [1.807, 2.05) is 6.07 Å². The van der Waals surface area contributed by atoms with E-state index in [0.29, 0.717) is 31.6 Å². The largest absolute Gasteiger partial charge is 0.416 e. The Kier molecular flexibility index (Phi) is 6.05. The normalized spacial score (nSPS) is 17.7. The number of carbonyl (C=O) groups is 1. The molecular weight excluding hydrogens is 371 g/mol. The standard InChI is InChI=1S/C21H22F3NO3/c22-21(23,24)18-8-4-5-15(13-18)19(26)25-14-20(27,16-6-2-1-3-7-16)17-9-11-28-12-10-17/h1-8,13,17,27H,9-12,14H2,(H,25,26). The molecule has 0 radical (unpaired) electrons. The van der Waals surface area contributed by atoms with Gasteiger partial charge in [-0.25, -0.2) is 0 Å². The third kappa shape index (κ3) is 4.54. The number of halogens is 3. The van der Waals surface area contributed by atoms with Crippen LogP contribution in [-0.2, 0) is 16.5 Å². The summed E-state index contributed by atoms with van der Waals surface area (Å²) in [5.41, 5.74) is -1.66. The topological polar surface area (TPSA) is 58.6 Å². The van der Waals surface area contributed by atoms with Crippen molar-refractivity contribution in [3.05, 3.63) is 71.3 Å². The van der Waals surface area contributed by atoms with Crippen LogP contribution in [0.3, 0.4) is 0 Å². The van der Waals surface area contributed by atoms with Crippen LogP contribution < -0.4 is 5.32 Å². The van der Waals surface area contributed by atoms with Crippen LogP contribution in [0.1, 0.15) is 34.3 Å². The van der Waals surface area contributed by atoms with Crippen molar-refractivity contribution in [1.82, 2.24) is 5.32 Å². The van der Waals surface area contributed by atoms with E-state index in [1.54, 1.807) is 24.3 Å². The lowest BCUT2D eigenvalue weighted by Gasteiger charge is -2.39. The molecule has 4 nitrogen and oxygen atoms in total. The van der Waals surface area contributed by atoms with Gasteiger partial charge in [0.1, 0.15) is 5.60 Å². The van der Waals surface area contributed by atoms with Crippen LogP contribution >= 0.6 is 0 Å². The van der Waals surface area contributed by atoms with Crippen LogP contribution in [0.15, 0.2) is 54.6 Å². The summed E-state index contributed by atoms with van der Waals surface area (Å²) in [7, 11) is 0. The van der Waals surface area contributed by atoms with E-state index < -0.39 is 23.2 Å². The van der Waals surface area contributed by atoms with Gasteiger partial charge in [-0.05, 0) is 42.5 Å². The predicted molar refractivity (Wildman–Crippen MR) is 97.7 cm³/mol. The number of nitrogens with one attached hydrogen (secondary N) is 1. The fourth-order valence-electron chi connectivity index (χ4n) is 3.54. The molecule has 28 heavy (non-hydrogen) atoms. The molecule has 0 spiro atoms. The molecule has 2 N–H and O–H groups in total. The molecule has 1 atom stereocenters. The van der Waals surface area contributed by atoms with Crippen molar-refractivity contribution in [2.45, 2.75) is 24.6 Å². The van der Waals surface area contributed by atoms with Crippen LogP contribution in [0.25, 0.3) is 0 Å². The van der Waals surface area contributed by atoms with Crippen molar-refractivity contribution in [3.63, 3.8) is 0 Å². The second-order valence-corrected chi connectivity index (χ2v) is 6.94. The maximum Gasteiger partial charge on any atom is 0.416 e. The number of amides is 1. The van der Waals surface area contributed by atoms with E-state index in [0.717, 1.165) is 12.1 Å². The molecule has 2 aromatic carbocycles. The predicted octanol–water partition coefficient (Wildman–Crippen LogP) is 3.75. The highest BCUT2D eigenvalue weighted by molar-refractivity contribution is 5.94. The van der Waals surface area contributed by atoms with Crippen molar-refractivity contribution < 1.29 is 27.8 Å². The molecular formula is C21H22F3NO3. The number of aliphatic hydroxyl groups is 1. The van der Waals surface area contributed by atoms with Gasteiger partial charge in [0, 0.05) is 18.8 Å². The first-order chi connectivity index (χ1) is 13.3. The Bertz CT molecular complexity index is 804. The van der Waals surface area contributed by atoms with Crippen molar-refractivity contribution >= 4 is 5.91 Å². The highest BCUT2D eigenvalue weighted by atomic mass is 19.4. The average Bonchev–Trinajstić information content (AvgIpc) is 2.72. The molecule has 3 rings (SSSR count). The Morgan fingerprint density at radius 3 is 2.32 bits per heavy atom. The summed E-state index contributed by atoms with van der Waals surface area (Å²) in [6.07, 6.45) is -3.27. The minimum Gasteiger partial charge on any atom is -0.383 e. The number of alkyl halides is 3. The molecule has 0 aliphatic carbocycles. The van der Waals surface area contributed by atoms with Gasteiger partial charge >= 0.3 is 6.18 Å². The third-order valence-electron chi connectivity index (χ3n) is 5.14. The lowest BCUT2D eigenvalue weighted by atomic mass is 9.77. The lowest BCUT2D eigenvalue weighted by molar-refractivity contribution is -0.137. The van der Waals surface area contributed by atoms with Gasteiger partial charge in [-0.15, -0.1) is 0 Å². The van der Waals surface area contributed by atoms with Crippen LogP contribution in [0.2, 0.25) is 0 Å². The summed E-state index contributed by atoms with van der Waals surface area (Å²) >= 11 is 0. The Morgan fingerprint density at radius 2 is 1.68 bits per heavy atom. The summed E-state index contributed by atoms with van der Waals surface area (Å²) in [4.78, 5) is 12.5. The van der Waals surface area contributed by atoms with Crippen LogP contribution in [0.5, 0.6) is 0 Å². The summed E-state index contributed by atoms with van der Waals surface area (Å²) in [5.74, 6) is -0.794. The molecule has 1 amide bonds. The first kappa shape index (κ1) is 20.4. The van der Waals surface area contributed by atoms with Crippen molar-refractivity contribution in [3.8, 4) is 0 Å². The molecule has 150 valence electrons. The van der Waals surface area contributed by atoms with Gasteiger partial charge < -0.3 is 15.2 Å². The fourth-order valence-corrected chi connectivity index (χ4v) is 3.54. The van der Waals surface area contributed by atoms with Gasteiger partial charge in [0.2, 0.25) is 0 Å². The zero-order valence-electron chi connectivity index (χ0n) is 15.2. The highest BCUT2D eigenvalue weighted by Gasteiger charge is 2.39. The number of rotatable bonds is 5. The second kappa shape index (κ2) is 8.32. The Morgan fingerprint density at radius 1 is 1.04 bits per heavy atom. The molecule has 1 saturated heterocycles. The molecule has 2 aromatic rings. The Hall–Kier alpha value is -2.38. The minimum absolute atomic E-state index is 0.0998. The monoisotopic (exact) mass is 393 g/mol. The Labute approximate surface area is 161 Å². The zero-order chi connectivity index (χ0) is 20.2. The smallest absolute Gasteiger partial charge is 0.383 e. The van der Waals surface area contributed by atoms with E-state index >= 15 is 0 Å². The maximum absolute atomic E-state index is 12.9. The van der Waals surface area contributed by atoms with Crippen LogP contribution in [0.4, 0.5) is 13.2 Å². The lowest BCUT2D eigenvalue weighted by Crippen LogP contribution is -2.47. The van der Waals surface area contributed by atoms with E-state index in [2.05, 4.69) is 5.32 Å². The summed E-state index contributed by atoms with van der Waals surface area (Å²) < 4.78 is 44.0. The van der Waals surface area contributed by atoms with Gasteiger partial charge in [0.15, 0.2) is 0 Å². The molecule has 0 saturated carbocycles. The summed E-state index contributed by atoms with van der Waals surface area (Å²) in [5, 5.41) is 14.1. The van der Waals surface area contributed by atoms with Crippen LogP contribution in [0, 0.1) is 5.92 Å². The molecule has 1 unspecified atom stereocenters. The third-order valence-corrected chi connectivity index (χ3v) is 5.14. The number of ether oxygens (including phenoxy) is 1. The summed E-state index contributed by atoms with van der Waals surface area (Å²) in [6, 6.07) is 13.2. The second-order valence-electron chi connectivity index (χ2n) is 6.94. The minimum atomic E-state index is -4.52. The average molecular weight is 393 g/mol. The van der Waals surface area contributed by atoms with E-state index in [1.165, 1.54) is 12.1 Å². The van der Waals surface area contributed by atoms with Crippen LogP contribution in [-0.4, -0.2) is 30.8 Å². The number of benzene rings is 2. The number of carbonyl (C=O) groups excluding carboxylic acids is 1. The molecule has 0 aromatic heterocycles. The van der Waals surface area contributed by atoms with Gasteiger partial charge in [0.05, 0.1) is 12.1 Å². The van der Waals surface area contributed by atoms with Gasteiger partial charge in [0.25, 0.3) is 5.91 Å². The zero-order valence-corrected chi connectivity index (χ0v) is 15.2. The van der Waals surface area contributed by atoms with Crippen molar-refractivity contribution in [2.75, 3.05) is 19.8 Å². The molecule has 0 bridgehead atoms. The number of hydrogen-bond acceptors (Lipinski definition) is 3. The quantitative estimate of drug-likeness (QED) is 0.814. The van der Waals surface area contributed by atoms with Crippen molar-refractivity contribution in [1.29, 1.82) is 0 Å². The molecule has 1 aliphatic rings. The molecule has 1 aliphatic heterocycles. The fraction of sp³-hybridized carbons (Fsp3) is 0.381. The first-order valence-corrected chi connectivity index (χ1v) is 9.12. The first-order valence-electron chi connectivity index (χ1n) is 9.12.